The van der Waals surface area contributed by atoms with Crippen molar-refractivity contribution >= 4 is 16.7 Å². The maximum Gasteiger partial charge on any atom is 0.268 e. The number of hydrogen-bond acceptors (Lipinski definition) is 5. The molecule has 2 N–H and O–H groups in total. The highest BCUT2D eigenvalue weighted by Gasteiger charge is 2.40. The molecule has 1 spiro atoms. The summed E-state index contributed by atoms with van der Waals surface area (Å²) in [4.78, 5) is 21.8. The third-order valence-corrected chi connectivity index (χ3v) is 5.95. The fourth-order valence-electron chi connectivity index (χ4n) is 4.19. The number of nitrogens with one attached hydrogen (secondary N) is 1. The number of H-pyrrole nitrogens is 1. The van der Waals surface area contributed by atoms with Crippen molar-refractivity contribution in [1.82, 2.24) is 9.97 Å². The van der Waals surface area contributed by atoms with Crippen LogP contribution in [0.1, 0.15) is 56.4 Å². The Bertz CT molecular complexity index is 911. The third kappa shape index (κ3) is 2.59. The van der Waals surface area contributed by atoms with E-state index in [0.29, 0.717) is 27.8 Å². The van der Waals surface area contributed by atoms with Gasteiger partial charge >= 0.3 is 0 Å². The van der Waals surface area contributed by atoms with Gasteiger partial charge in [0.05, 0.1) is 23.0 Å². The van der Waals surface area contributed by atoms with Crippen LogP contribution >= 0.6 is 0 Å². The molecular weight excluding hydrogens is 316 g/mol. The van der Waals surface area contributed by atoms with Gasteiger partial charge in [0, 0.05) is 13.1 Å². The zero-order chi connectivity index (χ0) is 17.6. The summed E-state index contributed by atoms with van der Waals surface area (Å²) in [6, 6.07) is 5.53. The lowest BCUT2D eigenvalue weighted by Crippen LogP contribution is -2.44. The number of hydrogen-bond donors (Lipinski definition) is 2. The largest absolute Gasteiger partial charge is 0.387 e. The minimum absolute atomic E-state index is 0.118. The summed E-state index contributed by atoms with van der Waals surface area (Å²) in [5, 5.41) is 19.4. The van der Waals surface area contributed by atoms with E-state index < -0.39 is 6.10 Å². The summed E-state index contributed by atoms with van der Waals surface area (Å²) >= 11 is 0. The van der Waals surface area contributed by atoms with Gasteiger partial charge in [-0.3, -0.25) is 4.79 Å². The van der Waals surface area contributed by atoms with Gasteiger partial charge in [0.2, 0.25) is 0 Å². The Balaban J connectivity index is 1.83. The number of anilines is 1. The van der Waals surface area contributed by atoms with E-state index >= 15 is 0 Å². The number of piperidine rings is 1. The number of aliphatic hydroxyl groups is 1. The first-order valence-electron chi connectivity index (χ1n) is 8.93. The topological polar surface area (TPSA) is 93.0 Å². The van der Waals surface area contributed by atoms with Crippen molar-refractivity contribution in [3.63, 3.8) is 0 Å². The number of nitriles is 1. The fraction of sp³-hybridized carbons (Fsp3) is 0.526. The summed E-state index contributed by atoms with van der Waals surface area (Å²) in [5.41, 5.74) is 2.59. The van der Waals surface area contributed by atoms with Crippen LogP contribution in [0.15, 0.2) is 16.9 Å². The zero-order valence-corrected chi connectivity index (χ0v) is 14.4. The van der Waals surface area contributed by atoms with Crippen LogP contribution in [0, 0.1) is 16.7 Å². The Morgan fingerprint density at radius 1 is 1.32 bits per heavy atom. The van der Waals surface area contributed by atoms with E-state index in [9.17, 15) is 15.2 Å². The lowest BCUT2D eigenvalue weighted by molar-refractivity contribution is 0.0955. The van der Waals surface area contributed by atoms with Gasteiger partial charge in [-0.15, -0.1) is 0 Å². The standard InChI is InChI=1S/C19H22N4O2/c1-12(24)14-3-4-15-16(21-14)17(13(11-20)18(25)22-15)23-9-7-19(8-10-23)5-2-6-19/h3-4,12,24H,2,5-10H2,1H3,(H,22,25). The second-order valence-electron chi connectivity index (χ2n) is 7.44. The van der Waals surface area contributed by atoms with Crippen LogP contribution in [0.2, 0.25) is 0 Å². The van der Waals surface area contributed by atoms with Crippen molar-refractivity contribution in [2.75, 3.05) is 18.0 Å². The highest BCUT2D eigenvalue weighted by molar-refractivity contribution is 5.91. The summed E-state index contributed by atoms with van der Waals surface area (Å²) in [6.07, 6.45) is 5.41. The first kappa shape index (κ1) is 16.1. The summed E-state index contributed by atoms with van der Waals surface area (Å²) < 4.78 is 0. The molecular formula is C19H22N4O2. The van der Waals surface area contributed by atoms with Gasteiger partial charge in [0.25, 0.3) is 5.56 Å². The predicted molar refractivity (Wildman–Crippen MR) is 95.4 cm³/mol. The quantitative estimate of drug-likeness (QED) is 0.878. The van der Waals surface area contributed by atoms with Gasteiger partial charge in [-0.1, -0.05) is 6.42 Å². The van der Waals surface area contributed by atoms with Crippen molar-refractivity contribution in [3.05, 3.63) is 33.7 Å². The molecule has 2 aromatic heterocycles. The molecule has 0 bridgehead atoms. The van der Waals surface area contributed by atoms with Gasteiger partial charge in [-0.05, 0) is 50.2 Å². The van der Waals surface area contributed by atoms with Crippen LogP contribution in [-0.4, -0.2) is 28.2 Å². The lowest BCUT2D eigenvalue weighted by Gasteiger charge is -2.48. The van der Waals surface area contributed by atoms with Crippen LogP contribution in [0.5, 0.6) is 0 Å². The van der Waals surface area contributed by atoms with Crippen LogP contribution in [0.3, 0.4) is 0 Å². The molecule has 0 radical (unpaired) electrons. The van der Waals surface area contributed by atoms with Gasteiger partial charge in [-0.25, -0.2) is 4.98 Å². The molecule has 130 valence electrons. The van der Waals surface area contributed by atoms with Crippen LogP contribution in [-0.2, 0) is 0 Å². The molecule has 2 fully saturated rings. The summed E-state index contributed by atoms with van der Waals surface area (Å²) in [6.45, 7) is 3.34. The lowest BCUT2D eigenvalue weighted by atomic mass is 9.63. The van der Waals surface area contributed by atoms with E-state index in [1.54, 1.807) is 19.1 Å². The maximum atomic E-state index is 12.4. The molecule has 6 nitrogen and oxygen atoms in total. The Hall–Kier alpha value is -2.39. The van der Waals surface area contributed by atoms with Gasteiger partial charge in [0.15, 0.2) is 0 Å². The van der Waals surface area contributed by atoms with E-state index in [-0.39, 0.29) is 11.1 Å². The van der Waals surface area contributed by atoms with Crippen molar-refractivity contribution in [1.29, 1.82) is 5.26 Å². The van der Waals surface area contributed by atoms with Gasteiger partial charge in [0.1, 0.15) is 17.1 Å². The Morgan fingerprint density at radius 2 is 2.04 bits per heavy atom. The highest BCUT2D eigenvalue weighted by Crippen LogP contribution is 2.49. The van der Waals surface area contributed by atoms with Crippen LogP contribution in [0.4, 0.5) is 5.69 Å². The predicted octanol–water partition coefficient (Wildman–Crippen LogP) is 2.62. The average Bonchev–Trinajstić information content (AvgIpc) is 2.59. The number of aliphatic hydroxyl groups excluding tert-OH is 1. The number of aromatic nitrogens is 2. The first-order chi connectivity index (χ1) is 12.0. The second-order valence-corrected chi connectivity index (χ2v) is 7.44. The molecule has 4 rings (SSSR count). The molecule has 1 saturated heterocycles. The molecule has 1 atom stereocenters. The molecule has 2 aromatic rings. The molecule has 3 heterocycles. The normalized spacial score (nSPS) is 20.3. The summed E-state index contributed by atoms with van der Waals surface area (Å²) in [7, 11) is 0. The van der Waals surface area contributed by atoms with Crippen molar-refractivity contribution < 1.29 is 5.11 Å². The first-order valence-corrected chi connectivity index (χ1v) is 8.93. The van der Waals surface area contributed by atoms with E-state index in [2.05, 4.69) is 20.9 Å². The molecule has 0 amide bonds. The number of fused-ring (bicyclic) bond motifs is 1. The highest BCUT2D eigenvalue weighted by atomic mass is 16.3. The Labute approximate surface area is 146 Å². The number of nitrogens with zero attached hydrogens (tertiary/aromatic N) is 3. The van der Waals surface area contributed by atoms with E-state index in [1.807, 2.05) is 0 Å². The SMILES string of the molecule is CC(O)c1ccc2[nH]c(=O)c(C#N)c(N3CCC4(CCC4)CC3)c2n1. The van der Waals surface area contributed by atoms with E-state index in [1.165, 1.54) is 19.3 Å². The minimum Gasteiger partial charge on any atom is -0.387 e. The number of pyridine rings is 2. The second kappa shape index (κ2) is 5.85. The smallest absolute Gasteiger partial charge is 0.268 e. The molecule has 1 saturated carbocycles. The van der Waals surface area contributed by atoms with Crippen molar-refractivity contribution in [2.24, 2.45) is 5.41 Å². The maximum absolute atomic E-state index is 12.4. The Morgan fingerprint density at radius 3 is 2.60 bits per heavy atom. The van der Waals surface area contributed by atoms with Gasteiger partial charge in [-0.2, -0.15) is 5.26 Å². The monoisotopic (exact) mass is 338 g/mol. The van der Waals surface area contributed by atoms with Gasteiger partial charge < -0.3 is 15.0 Å². The Kier molecular flexibility index (Phi) is 3.77. The fourth-order valence-corrected chi connectivity index (χ4v) is 4.19. The third-order valence-electron chi connectivity index (χ3n) is 5.95. The molecule has 1 unspecified atom stereocenters. The van der Waals surface area contributed by atoms with Crippen molar-refractivity contribution in [3.8, 4) is 6.07 Å². The molecule has 2 aliphatic rings. The van der Waals surface area contributed by atoms with Crippen LogP contribution in [0.25, 0.3) is 11.0 Å². The van der Waals surface area contributed by atoms with Crippen LogP contribution < -0.4 is 10.5 Å². The molecule has 0 aromatic carbocycles. The molecule has 1 aliphatic carbocycles. The van der Waals surface area contributed by atoms with E-state index in [4.69, 9.17) is 0 Å². The molecule has 6 heteroatoms. The zero-order valence-electron chi connectivity index (χ0n) is 14.4. The van der Waals surface area contributed by atoms with Crippen molar-refractivity contribution in [2.45, 2.75) is 45.1 Å². The molecule has 25 heavy (non-hydrogen) atoms. The number of rotatable bonds is 2. The molecule has 1 aliphatic heterocycles. The minimum atomic E-state index is -0.700. The van der Waals surface area contributed by atoms with E-state index in [0.717, 1.165) is 25.9 Å². The number of aromatic amines is 1. The summed E-state index contributed by atoms with van der Waals surface area (Å²) in [5.74, 6) is 0. The average molecular weight is 338 g/mol.